The lowest BCUT2D eigenvalue weighted by Gasteiger charge is -2.35. The van der Waals surface area contributed by atoms with Crippen molar-refractivity contribution in [3.8, 4) is 0 Å². The molecule has 1 aromatic carbocycles. The summed E-state index contributed by atoms with van der Waals surface area (Å²) in [6, 6.07) is 10.9. The van der Waals surface area contributed by atoms with E-state index in [1.54, 1.807) is 23.1 Å². The van der Waals surface area contributed by atoms with Crippen LogP contribution in [0.25, 0.3) is 10.9 Å². The Labute approximate surface area is 155 Å². The highest BCUT2D eigenvalue weighted by Crippen LogP contribution is 2.25. The van der Waals surface area contributed by atoms with Gasteiger partial charge in [0.1, 0.15) is 5.56 Å². The first-order chi connectivity index (χ1) is 13.1. The number of carbonyl (C=O) groups excluding carboxylic acids is 2. The Balaban J connectivity index is 1.46. The zero-order chi connectivity index (χ0) is 19.0. The average molecular weight is 364 g/mol. The number of H-pyrrole nitrogens is 1. The number of aromatic amines is 1. The number of hydrogen-bond donors (Lipinski definition) is 2. The maximum atomic E-state index is 12.6. The van der Waals surface area contributed by atoms with Crippen LogP contribution >= 0.6 is 0 Å². The van der Waals surface area contributed by atoms with Gasteiger partial charge in [0.05, 0.1) is 12.6 Å². The van der Waals surface area contributed by atoms with Crippen molar-refractivity contribution >= 4 is 22.7 Å². The Morgan fingerprint density at radius 1 is 1.19 bits per heavy atom. The van der Waals surface area contributed by atoms with Crippen molar-refractivity contribution in [2.45, 2.75) is 19.5 Å². The third kappa shape index (κ3) is 3.01. The lowest BCUT2D eigenvalue weighted by molar-refractivity contribution is -0.133. The van der Waals surface area contributed by atoms with Gasteiger partial charge in [-0.1, -0.05) is 12.1 Å². The highest BCUT2D eigenvalue weighted by atomic mass is 16.2. The predicted molar refractivity (Wildman–Crippen MR) is 101 cm³/mol. The molecule has 1 unspecified atom stereocenters. The molecule has 27 heavy (non-hydrogen) atoms. The topological polar surface area (TPSA) is 87.2 Å². The number of para-hydroxylation sites is 1. The molecule has 0 bridgehead atoms. The van der Waals surface area contributed by atoms with Gasteiger partial charge in [-0.25, -0.2) is 0 Å². The Morgan fingerprint density at radius 3 is 2.85 bits per heavy atom. The molecule has 7 heteroatoms. The number of amides is 2. The molecule has 3 aromatic rings. The Morgan fingerprint density at radius 2 is 2.00 bits per heavy atom. The second-order valence-corrected chi connectivity index (χ2v) is 6.65. The van der Waals surface area contributed by atoms with Gasteiger partial charge in [0.15, 0.2) is 0 Å². The van der Waals surface area contributed by atoms with Crippen molar-refractivity contribution < 1.29 is 9.59 Å². The second-order valence-electron chi connectivity index (χ2n) is 6.65. The monoisotopic (exact) mass is 364 g/mol. The summed E-state index contributed by atoms with van der Waals surface area (Å²) in [6.45, 7) is 3.15. The molecular weight excluding hydrogens is 344 g/mol. The molecule has 2 aromatic heterocycles. The summed E-state index contributed by atoms with van der Waals surface area (Å²) < 4.78 is 2.13. The van der Waals surface area contributed by atoms with E-state index in [4.69, 9.17) is 0 Å². The zero-order valence-corrected chi connectivity index (χ0v) is 14.9. The first-order valence-electron chi connectivity index (χ1n) is 8.89. The summed E-state index contributed by atoms with van der Waals surface area (Å²) >= 11 is 0. The fraction of sp³-hybridized carbons (Fsp3) is 0.250. The van der Waals surface area contributed by atoms with Crippen LogP contribution in [0.2, 0.25) is 0 Å². The average Bonchev–Trinajstić information content (AvgIpc) is 3.16. The Bertz CT molecular complexity index is 1080. The fourth-order valence-corrected chi connectivity index (χ4v) is 3.61. The number of rotatable bonds is 3. The largest absolute Gasteiger partial charge is 0.360 e. The van der Waals surface area contributed by atoms with Crippen molar-refractivity contribution in [1.29, 1.82) is 0 Å². The van der Waals surface area contributed by atoms with Crippen molar-refractivity contribution in [2.24, 2.45) is 0 Å². The molecule has 2 amide bonds. The van der Waals surface area contributed by atoms with Crippen molar-refractivity contribution in [2.75, 3.05) is 13.1 Å². The number of benzene rings is 1. The highest BCUT2D eigenvalue weighted by Gasteiger charge is 2.27. The molecule has 2 N–H and O–H groups in total. The van der Waals surface area contributed by atoms with Crippen LogP contribution in [0.4, 0.5) is 0 Å². The summed E-state index contributed by atoms with van der Waals surface area (Å²) in [6.07, 6.45) is 3.39. The van der Waals surface area contributed by atoms with E-state index >= 15 is 0 Å². The van der Waals surface area contributed by atoms with Gasteiger partial charge in [0, 0.05) is 42.1 Å². The van der Waals surface area contributed by atoms with Gasteiger partial charge in [0.25, 0.3) is 5.91 Å². The van der Waals surface area contributed by atoms with Gasteiger partial charge in [-0.15, -0.1) is 0 Å². The number of nitrogens with one attached hydrogen (secondary N) is 2. The van der Waals surface area contributed by atoms with Crippen LogP contribution in [-0.2, 0) is 11.3 Å². The zero-order valence-electron chi connectivity index (χ0n) is 14.9. The van der Waals surface area contributed by atoms with E-state index in [0.717, 1.165) is 12.2 Å². The summed E-state index contributed by atoms with van der Waals surface area (Å²) in [7, 11) is 0. The van der Waals surface area contributed by atoms with Gasteiger partial charge in [-0.2, -0.15) is 0 Å². The molecule has 3 heterocycles. The highest BCUT2D eigenvalue weighted by molar-refractivity contribution is 5.98. The summed E-state index contributed by atoms with van der Waals surface area (Å²) in [5.41, 5.74) is 1.40. The fourth-order valence-electron chi connectivity index (χ4n) is 3.61. The molecule has 0 radical (unpaired) electrons. The number of hydrogen-bond acceptors (Lipinski definition) is 3. The standard InChI is InChI=1S/C20H20N4O3/c1-13-17-7-4-8-23(17)9-10-24(13)18(25)12-22-20(27)15-11-21-16-6-3-2-5-14(16)19(15)26/h2-8,11,13H,9-10,12H2,1H3,(H,21,26)(H,22,27). The van der Waals surface area contributed by atoms with Crippen molar-refractivity contribution in [3.05, 3.63) is 70.3 Å². The second kappa shape index (κ2) is 6.75. The van der Waals surface area contributed by atoms with E-state index in [9.17, 15) is 14.4 Å². The van der Waals surface area contributed by atoms with Crippen molar-refractivity contribution in [1.82, 2.24) is 19.8 Å². The van der Waals surface area contributed by atoms with Crippen LogP contribution in [0.15, 0.2) is 53.6 Å². The number of pyridine rings is 1. The Hall–Kier alpha value is -3.35. The molecule has 1 aliphatic heterocycles. The lowest BCUT2D eigenvalue weighted by atomic mass is 10.1. The molecule has 0 spiro atoms. The summed E-state index contributed by atoms with van der Waals surface area (Å²) in [5.74, 6) is -0.719. The SMILES string of the molecule is CC1c2cccn2CCN1C(=O)CNC(=O)c1c[nH]c2ccccc2c1=O. The van der Waals surface area contributed by atoms with Gasteiger partial charge in [-0.3, -0.25) is 14.4 Å². The first kappa shape index (κ1) is 17.1. The molecular formula is C20H20N4O3. The quantitative estimate of drug-likeness (QED) is 0.741. The summed E-state index contributed by atoms with van der Waals surface area (Å²) in [5, 5.41) is 3.03. The molecule has 0 saturated heterocycles. The van der Waals surface area contributed by atoms with Gasteiger partial charge >= 0.3 is 0 Å². The van der Waals surface area contributed by atoms with Crippen LogP contribution < -0.4 is 10.7 Å². The third-order valence-corrected chi connectivity index (χ3v) is 5.10. The molecule has 0 aliphatic carbocycles. The minimum absolute atomic E-state index is 0.00192. The van der Waals surface area contributed by atoms with E-state index in [-0.39, 0.29) is 29.5 Å². The molecule has 138 valence electrons. The summed E-state index contributed by atoms with van der Waals surface area (Å²) in [4.78, 5) is 42.2. The molecule has 1 atom stereocenters. The van der Waals surface area contributed by atoms with E-state index in [1.807, 2.05) is 31.3 Å². The predicted octanol–water partition coefficient (Wildman–Crippen LogP) is 1.66. The first-order valence-corrected chi connectivity index (χ1v) is 8.89. The Kier molecular flexibility index (Phi) is 4.27. The molecule has 0 fully saturated rings. The van der Waals surface area contributed by atoms with Gasteiger partial charge < -0.3 is 19.8 Å². The molecule has 4 rings (SSSR count). The lowest BCUT2D eigenvalue weighted by Crippen LogP contribution is -2.45. The van der Waals surface area contributed by atoms with Crippen LogP contribution in [0.3, 0.4) is 0 Å². The van der Waals surface area contributed by atoms with Crippen LogP contribution in [0.5, 0.6) is 0 Å². The molecule has 7 nitrogen and oxygen atoms in total. The number of aromatic nitrogens is 2. The van der Waals surface area contributed by atoms with E-state index in [1.165, 1.54) is 6.20 Å². The maximum absolute atomic E-state index is 12.6. The molecule has 1 aliphatic rings. The van der Waals surface area contributed by atoms with Gasteiger partial charge in [-0.05, 0) is 31.2 Å². The van der Waals surface area contributed by atoms with Crippen molar-refractivity contribution in [3.63, 3.8) is 0 Å². The number of fused-ring (bicyclic) bond motifs is 2. The van der Waals surface area contributed by atoms with Crippen LogP contribution in [-0.4, -0.2) is 39.4 Å². The van der Waals surface area contributed by atoms with E-state index in [2.05, 4.69) is 14.9 Å². The minimum atomic E-state index is -0.552. The number of carbonyl (C=O) groups is 2. The van der Waals surface area contributed by atoms with E-state index in [0.29, 0.717) is 17.4 Å². The van der Waals surface area contributed by atoms with E-state index < -0.39 is 5.91 Å². The normalized spacial score (nSPS) is 16.2. The van der Waals surface area contributed by atoms with Crippen LogP contribution in [0, 0.1) is 0 Å². The van der Waals surface area contributed by atoms with Gasteiger partial charge in [0.2, 0.25) is 11.3 Å². The smallest absolute Gasteiger partial charge is 0.257 e. The minimum Gasteiger partial charge on any atom is -0.360 e. The third-order valence-electron chi connectivity index (χ3n) is 5.10. The number of nitrogens with zero attached hydrogens (tertiary/aromatic N) is 2. The molecule has 0 saturated carbocycles. The maximum Gasteiger partial charge on any atom is 0.257 e. The van der Waals surface area contributed by atoms with Crippen LogP contribution in [0.1, 0.15) is 29.0 Å².